The van der Waals surface area contributed by atoms with Crippen LogP contribution in [0.3, 0.4) is 0 Å². The van der Waals surface area contributed by atoms with Crippen molar-refractivity contribution in [1.82, 2.24) is 4.90 Å². The summed E-state index contributed by atoms with van der Waals surface area (Å²) in [6, 6.07) is 12.0. The Hall–Kier alpha value is -1.11. The molecule has 1 fully saturated rings. The third-order valence-electron chi connectivity index (χ3n) is 4.17. The summed E-state index contributed by atoms with van der Waals surface area (Å²) in [5.74, 6) is 0. The highest BCUT2D eigenvalue weighted by atomic mass is 35.5. The average molecular weight is 367 g/mol. The average Bonchev–Trinajstić information content (AvgIpc) is 3.10. The van der Waals surface area contributed by atoms with Crippen molar-refractivity contribution in [3.8, 4) is 0 Å². The summed E-state index contributed by atoms with van der Waals surface area (Å²) in [5, 5.41) is 13.0. The number of halogens is 1. The molecule has 6 heteroatoms. The van der Waals surface area contributed by atoms with Gasteiger partial charge in [0.25, 0.3) is 0 Å². The van der Waals surface area contributed by atoms with E-state index in [-0.39, 0.29) is 0 Å². The maximum atomic E-state index is 10.2. The predicted octanol–water partition coefficient (Wildman–Crippen LogP) is 3.10. The van der Waals surface area contributed by atoms with Gasteiger partial charge in [-0.15, -0.1) is 11.3 Å². The van der Waals surface area contributed by atoms with Crippen LogP contribution in [0.1, 0.15) is 4.88 Å². The third-order valence-corrected chi connectivity index (χ3v) is 5.34. The van der Waals surface area contributed by atoms with Gasteiger partial charge in [0.2, 0.25) is 0 Å². The number of aliphatic hydroxyl groups excluding tert-OH is 1. The summed E-state index contributed by atoms with van der Waals surface area (Å²) in [7, 11) is 0. The first-order valence-corrected chi connectivity index (χ1v) is 9.48. The van der Waals surface area contributed by atoms with Crippen LogP contribution in [-0.2, 0) is 11.3 Å². The number of thiophene rings is 1. The van der Waals surface area contributed by atoms with Crippen LogP contribution in [0.15, 0.2) is 41.8 Å². The maximum absolute atomic E-state index is 10.2. The molecule has 0 bridgehead atoms. The second-order valence-electron chi connectivity index (χ2n) is 5.99. The molecule has 0 spiro atoms. The summed E-state index contributed by atoms with van der Waals surface area (Å²) in [4.78, 5) is 5.78. The lowest BCUT2D eigenvalue weighted by atomic mass is 10.2. The number of nitrogens with zero attached hydrogens (tertiary/aromatic N) is 2. The van der Waals surface area contributed by atoms with E-state index in [4.69, 9.17) is 16.3 Å². The van der Waals surface area contributed by atoms with Crippen molar-refractivity contribution in [2.75, 3.05) is 44.2 Å². The molecular formula is C18H23ClN2O2S. The molecule has 0 saturated carbocycles. The Balaban J connectivity index is 1.38. The molecule has 4 nitrogen and oxygen atoms in total. The van der Waals surface area contributed by atoms with Crippen LogP contribution in [0.5, 0.6) is 0 Å². The fourth-order valence-electron chi connectivity index (χ4n) is 2.92. The molecule has 0 amide bonds. The molecule has 1 saturated heterocycles. The van der Waals surface area contributed by atoms with Crippen molar-refractivity contribution in [3.05, 3.63) is 51.7 Å². The van der Waals surface area contributed by atoms with Crippen LogP contribution < -0.4 is 4.90 Å². The molecular weight excluding hydrogens is 344 g/mol. The molecule has 0 unspecified atom stereocenters. The Morgan fingerprint density at radius 2 is 1.92 bits per heavy atom. The van der Waals surface area contributed by atoms with Gasteiger partial charge in [0, 0.05) is 37.6 Å². The molecule has 1 N–H and O–H groups in total. The Morgan fingerprint density at radius 1 is 1.12 bits per heavy atom. The van der Waals surface area contributed by atoms with E-state index in [1.165, 1.54) is 4.88 Å². The van der Waals surface area contributed by atoms with Gasteiger partial charge in [-0.3, -0.25) is 4.90 Å². The number of benzene rings is 1. The van der Waals surface area contributed by atoms with Crippen molar-refractivity contribution in [3.63, 3.8) is 0 Å². The van der Waals surface area contributed by atoms with Crippen LogP contribution in [0, 0.1) is 0 Å². The molecule has 1 aromatic heterocycles. The molecule has 1 aliphatic heterocycles. The standard InChI is InChI=1S/C18H23ClN2O2S/c19-17-5-1-2-6-18(17)21-9-7-20(8-10-21)12-15(22)13-23-14-16-4-3-11-24-16/h1-6,11,15,22H,7-10,12-14H2/t15-/m0/s1. The molecule has 2 heterocycles. The van der Waals surface area contributed by atoms with Gasteiger partial charge in [-0.1, -0.05) is 29.8 Å². The lowest BCUT2D eigenvalue weighted by Gasteiger charge is -2.37. The van der Waals surface area contributed by atoms with Crippen LogP contribution in [0.25, 0.3) is 0 Å². The smallest absolute Gasteiger partial charge is 0.0900 e. The fraction of sp³-hybridized carbons (Fsp3) is 0.444. The Bertz CT molecular complexity index is 615. The van der Waals surface area contributed by atoms with Crippen LogP contribution in [0.4, 0.5) is 5.69 Å². The molecule has 130 valence electrons. The van der Waals surface area contributed by atoms with Gasteiger partial charge in [-0.05, 0) is 23.6 Å². The third kappa shape index (κ3) is 4.94. The molecule has 1 atom stereocenters. The van der Waals surface area contributed by atoms with Gasteiger partial charge in [0.15, 0.2) is 0 Å². The number of β-amino-alcohol motifs (C(OH)–C–C–N with tert-alkyl or cyclic N) is 1. The molecule has 2 aromatic rings. The summed E-state index contributed by atoms with van der Waals surface area (Å²) in [6.45, 7) is 5.30. The monoisotopic (exact) mass is 366 g/mol. The molecule has 1 aliphatic rings. The normalized spacial score (nSPS) is 17.2. The fourth-order valence-corrected chi connectivity index (χ4v) is 3.82. The lowest BCUT2D eigenvalue weighted by Crippen LogP contribution is -2.49. The number of para-hydroxylation sites is 1. The highest BCUT2D eigenvalue weighted by molar-refractivity contribution is 7.09. The highest BCUT2D eigenvalue weighted by Crippen LogP contribution is 2.26. The highest BCUT2D eigenvalue weighted by Gasteiger charge is 2.20. The minimum absolute atomic E-state index is 0.378. The van der Waals surface area contributed by atoms with E-state index < -0.39 is 6.10 Å². The summed E-state index contributed by atoms with van der Waals surface area (Å²) in [6.07, 6.45) is -0.447. The van der Waals surface area contributed by atoms with Gasteiger partial charge < -0.3 is 14.7 Å². The van der Waals surface area contributed by atoms with E-state index in [0.29, 0.717) is 19.8 Å². The number of ether oxygens (including phenoxy) is 1. The van der Waals surface area contributed by atoms with Crippen molar-refractivity contribution in [2.45, 2.75) is 12.7 Å². The number of rotatable bonds is 7. The number of piperazine rings is 1. The van der Waals surface area contributed by atoms with Crippen molar-refractivity contribution >= 4 is 28.6 Å². The molecule has 0 aliphatic carbocycles. The van der Waals surface area contributed by atoms with Crippen LogP contribution in [0.2, 0.25) is 5.02 Å². The number of aliphatic hydroxyl groups is 1. The van der Waals surface area contributed by atoms with E-state index in [1.54, 1.807) is 11.3 Å². The number of anilines is 1. The molecule has 0 radical (unpaired) electrons. The van der Waals surface area contributed by atoms with Crippen LogP contribution in [-0.4, -0.2) is 55.4 Å². The van der Waals surface area contributed by atoms with Crippen molar-refractivity contribution < 1.29 is 9.84 Å². The van der Waals surface area contributed by atoms with Crippen molar-refractivity contribution in [1.29, 1.82) is 0 Å². The van der Waals surface area contributed by atoms with Crippen LogP contribution >= 0.6 is 22.9 Å². The largest absolute Gasteiger partial charge is 0.389 e. The summed E-state index contributed by atoms with van der Waals surface area (Å²) < 4.78 is 5.59. The number of hydrogen-bond acceptors (Lipinski definition) is 5. The zero-order chi connectivity index (χ0) is 16.8. The minimum atomic E-state index is -0.447. The van der Waals surface area contributed by atoms with Gasteiger partial charge >= 0.3 is 0 Å². The van der Waals surface area contributed by atoms with E-state index in [9.17, 15) is 5.11 Å². The van der Waals surface area contributed by atoms with Gasteiger partial charge in [0.1, 0.15) is 0 Å². The molecule has 3 rings (SSSR count). The zero-order valence-corrected chi connectivity index (χ0v) is 15.2. The topological polar surface area (TPSA) is 35.9 Å². The van der Waals surface area contributed by atoms with E-state index in [2.05, 4.69) is 15.9 Å². The van der Waals surface area contributed by atoms with Gasteiger partial charge in [-0.2, -0.15) is 0 Å². The SMILES string of the molecule is O[C@H](COCc1cccs1)CN1CCN(c2ccccc2Cl)CC1. The van der Waals surface area contributed by atoms with Gasteiger partial charge in [-0.25, -0.2) is 0 Å². The minimum Gasteiger partial charge on any atom is -0.389 e. The Kier molecular flexibility index (Phi) is 6.51. The van der Waals surface area contributed by atoms with Gasteiger partial charge in [0.05, 0.1) is 30.0 Å². The number of hydrogen-bond donors (Lipinski definition) is 1. The van der Waals surface area contributed by atoms with E-state index in [0.717, 1.165) is 36.9 Å². The zero-order valence-electron chi connectivity index (χ0n) is 13.6. The first-order chi connectivity index (χ1) is 11.7. The summed E-state index contributed by atoms with van der Waals surface area (Å²) in [5.41, 5.74) is 1.10. The summed E-state index contributed by atoms with van der Waals surface area (Å²) >= 11 is 7.94. The lowest BCUT2D eigenvalue weighted by molar-refractivity contribution is 0.00991. The second-order valence-corrected chi connectivity index (χ2v) is 7.43. The Labute approximate surface area is 152 Å². The quantitative estimate of drug-likeness (QED) is 0.816. The second kappa shape index (κ2) is 8.83. The first-order valence-electron chi connectivity index (χ1n) is 8.22. The Morgan fingerprint density at radius 3 is 2.62 bits per heavy atom. The van der Waals surface area contributed by atoms with E-state index in [1.807, 2.05) is 35.7 Å². The maximum Gasteiger partial charge on any atom is 0.0900 e. The van der Waals surface area contributed by atoms with Crippen molar-refractivity contribution in [2.24, 2.45) is 0 Å². The first kappa shape index (κ1) is 17.7. The predicted molar refractivity (Wildman–Crippen MR) is 100 cm³/mol. The molecule has 1 aromatic carbocycles. The van der Waals surface area contributed by atoms with E-state index >= 15 is 0 Å². The molecule has 24 heavy (non-hydrogen) atoms.